The molecule has 0 bridgehead atoms. The monoisotopic (exact) mass is 201 g/mol. The summed E-state index contributed by atoms with van der Waals surface area (Å²) in [6, 6.07) is 8.36. The highest BCUT2D eigenvalue weighted by Crippen LogP contribution is 2.19. The van der Waals surface area contributed by atoms with Gasteiger partial charge in [-0.3, -0.25) is 0 Å². The van der Waals surface area contributed by atoms with E-state index < -0.39 is 22.6 Å². The lowest BCUT2D eigenvalue weighted by Crippen LogP contribution is -2.44. The Labute approximate surface area is 78.7 Å². The molecule has 0 saturated carbocycles. The molecule has 0 radical (unpaired) electrons. The summed E-state index contributed by atoms with van der Waals surface area (Å²) in [5.74, 6) is 0. The van der Waals surface area contributed by atoms with Gasteiger partial charge in [0, 0.05) is 0 Å². The highest BCUT2D eigenvalue weighted by Gasteiger charge is 2.33. The van der Waals surface area contributed by atoms with Gasteiger partial charge in [0.05, 0.1) is 6.61 Å². The van der Waals surface area contributed by atoms with Crippen LogP contribution in [0.3, 0.4) is 0 Å². The van der Waals surface area contributed by atoms with Gasteiger partial charge in [0.2, 0.25) is 0 Å². The molecule has 0 heterocycles. The Morgan fingerprint density at radius 1 is 1.38 bits per heavy atom. The zero-order valence-corrected chi connectivity index (χ0v) is 7.70. The molecular weight excluding hydrogens is 190 g/mol. The molecular formula is C8H11NO3S. The molecule has 0 amide bonds. The number of aliphatic hydroxyl groups is 1. The van der Waals surface area contributed by atoms with Crippen molar-refractivity contribution in [1.82, 2.24) is 0 Å². The van der Waals surface area contributed by atoms with Gasteiger partial charge in [-0.2, -0.15) is 0 Å². The summed E-state index contributed by atoms with van der Waals surface area (Å²) in [4.78, 5) is -1.58. The molecule has 5 heteroatoms. The molecule has 0 spiro atoms. The van der Waals surface area contributed by atoms with Crippen molar-refractivity contribution in [2.24, 2.45) is 5.73 Å². The average molecular weight is 201 g/mol. The van der Waals surface area contributed by atoms with Crippen LogP contribution in [0.25, 0.3) is 0 Å². The number of nitrogens with two attached hydrogens (primary N) is 1. The molecule has 0 saturated heterocycles. The lowest BCUT2D eigenvalue weighted by atomic mass is 10.1. The van der Waals surface area contributed by atoms with Crippen LogP contribution < -0.4 is 5.73 Å². The third kappa shape index (κ3) is 1.94. The molecule has 72 valence electrons. The van der Waals surface area contributed by atoms with Crippen LogP contribution in [0.15, 0.2) is 30.3 Å². The molecule has 1 aromatic carbocycles. The zero-order chi connectivity index (χ0) is 9.90. The molecule has 0 fully saturated rings. The lowest BCUT2D eigenvalue weighted by Gasteiger charge is -2.22. The number of hydrogen-bond acceptors (Lipinski definition) is 3. The quantitative estimate of drug-likeness (QED) is 0.602. The van der Waals surface area contributed by atoms with E-state index in [9.17, 15) is 4.21 Å². The minimum Gasteiger partial charge on any atom is -0.393 e. The molecule has 4 N–H and O–H groups in total. The largest absolute Gasteiger partial charge is 0.393 e. The Morgan fingerprint density at radius 3 is 2.31 bits per heavy atom. The number of aliphatic hydroxyl groups excluding tert-OH is 1. The Morgan fingerprint density at radius 2 is 1.92 bits per heavy atom. The van der Waals surface area contributed by atoms with E-state index >= 15 is 0 Å². The van der Waals surface area contributed by atoms with Gasteiger partial charge in [-0.25, -0.2) is 4.21 Å². The van der Waals surface area contributed by atoms with Crippen LogP contribution in [0.4, 0.5) is 0 Å². The van der Waals surface area contributed by atoms with Gasteiger partial charge in [-0.15, -0.1) is 0 Å². The van der Waals surface area contributed by atoms with Crippen LogP contribution in [0, 0.1) is 0 Å². The maximum atomic E-state index is 10.9. The van der Waals surface area contributed by atoms with Crippen molar-refractivity contribution in [3.63, 3.8) is 0 Å². The second-order valence-electron chi connectivity index (χ2n) is 2.66. The van der Waals surface area contributed by atoms with Gasteiger partial charge in [0.15, 0.2) is 16.0 Å². The minimum atomic E-state index is -2.29. The van der Waals surface area contributed by atoms with Crippen LogP contribution in [0.2, 0.25) is 0 Å². The molecule has 2 atom stereocenters. The first-order chi connectivity index (χ1) is 6.11. The van der Waals surface area contributed by atoms with E-state index in [1.807, 2.05) is 0 Å². The molecule has 1 aromatic rings. The fraction of sp³-hybridized carbons (Fsp3) is 0.250. The second kappa shape index (κ2) is 3.97. The van der Waals surface area contributed by atoms with Gasteiger partial charge >= 0.3 is 0 Å². The van der Waals surface area contributed by atoms with Crippen molar-refractivity contribution in [2.75, 3.05) is 6.61 Å². The van der Waals surface area contributed by atoms with Crippen LogP contribution in [-0.4, -0.2) is 20.5 Å². The van der Waals surface area contributed by atoms with Gasteiger partial charge in [-0.05, 0) is 5.56 Å². The lowest BCUT2D eigenvalue weighted by molar-refractivity contribution is 0.242. The van der Waals surface area contributed by atoms with E-state index in [0.29, 0.717) is 5.56 Å². The number of rotatable bonds is 3. The van der Waals surface area contributed by atoms with E-state index in [1.54, 1.807) is 30.3 Å². The van der Waals surface area contributed by atoms with Crippen molar-refractivity contribution in [3.05, 3.63) is 35.9 Å². The summed E-state index contributed by atoms with van der Waals surface area (Å²) in [6.45, 7) is -0.569. The molecule has 0 aromatic heterocycles. The van der Waals surface area contributed by atoms with Crippen LogP contribution in [-0.2, 0) is 16.0 Å². The third-order valence-electron chi connectivity index (χ3n) is 1.81. The van der Waals surface area contributed by atoms with E-state index in [2.05, 4.69) is 0 Å². The smallest absolute Gasteiger partial charge is 0.180 e. The number of hydrogen-bond donors (Lipinski definition) is 3. The highest BCUT2D eigenvalue weighted by atomic mass is 32.2. The summed E-state index contributed by atoms with van der Waals surface area (Å²) in [6.07, 6.45) is 0. The molecule has 0 aliphatic carbocycles. The molecule has 4 nitrogen and oxygen atoms in total. The Hall–Kier alpha value is -0.750. The average Bonchev–Trinajstić information content (AvgIpc) is 2.17. The van der Waals surface area contributed by atoms with E-state index in [0.717, 1.165) is 0 Å². The topological polar surface area (TPSA) is 83.5 Å². The van der Waals surface area contributed by atoms with Gasteiger partial charge in [0.1, 0.15) is 0 Å². The van der Waals surface area contributed by atoms with Gasteiger partial charge < -0.3 is 15.4 Å². The maximum Gasteiger partial charge on any atom is 0.180 e. The zero-order valence-electron chi connectivity index (χ0n) is 6.88. The molecule has 1 rings (SSSR count). The van der Waals surface area contributed by atoms with Crippen LogP contribution in [0.5, 0.6) is 0 Å². The minimum absolute atomic E-state index is 0.443. The van der Waals surface area contributed by atoms with Crippen molar-refractivity contribution < 1.29 is 13.9 Å². The van der Waals surface area contributed by atoms with E-state index in [-0.39, 0.29) is 0 Å². The fourth-order valence-electron chi connectivity index (χ4n) is 0.968. The summed E-state index contributed by atoms with van der Waals surface area (Å²) in [5.41, 5.74) is 6.00. The van der Waals surface area contributed by atoms with E-state index in [4.69, 9.17) is 15.4 Å². The van der Waals surface area contributed by atoms with Crippen molar-refractivity contribution in [1.29, 1.82) is 0 Å². The highest BCUT2D eigenvalue weighted by molar-refractivity contribution is 7.80. The summed E-state index contributed by atoms with van der Waals surface area (Å²) in [5, 5.41) is 8.93. The second-order valence-corrected chi connectivity index (χ2v) is 3.89. The summed E-state index contributed by atoms with van der Waals surface area (Å²) in [7, 11) is 0. The Kier molecular flexibility index (Phi) is 3.16. The van der Waals surface area contributed by atoms with Crippen molar-refractivity contribution in [2.45, 2.75) is 4.87 Å². The number of benzene rings is 1. The standard InChI is InChI=1S/C8H11NO3S/c9-8(6-10,13(11)12)7-4-2-1-3-5-7/h1-5,10H,6,9H2,(H,11,12). The van der Waals surface area contributed by atoms with Crippen molar-refractivity contribution in [3.8, 4) is 0 Å². The van der Waals surface area contributed by atoms with Gasteiger partial charge in [-0.1, -0.05) is 30.3 Å². The predicted molar refractivity (Wildman–Crippen MR) is 50.2 cm³/mol. The first kappa shape index (κ1) is 10.3. The summed E-state index contributed by atoms with van der Waals surface area (Å²) < 4.78 is 19.8. The fourth-order valence-corrected chi connectivity index (χ4v) is 1.42. The van der Waals surface area contributed by atoms with Gasteiger partial charge in [0.25, 0.3) is 0 Å². The first-order valence-electron chi connectivity index (χ1n) is 3.67. The first-order valence-corrected chi connectivity index (χ1v) is 4.78. The SMILES string of the molecule is NC(CO)(c1ccccc1)S(=O)O. The summed E-state index contributed by atoms with van der Waals surface area (Å²) >= 11 is -2.29. The molecule has 0 aliphatic rings. The predicted octanol–water partition coefficient (Wildman–Crippen LogP) is 0.0121. The molecule has 13 heavy (non-hydrogen) atoms. The van der Waals surface area contributed by atoms with Crippen LogP contribution in [0.1, 0.15) is 5.56 Å². The maximum absolute atomic E-state index is 10.9. The van der Waals surface area contributed by atoms with E-state index in [1.165, 1.54) is 0 Å². The normalized spacial score (nSPS) is 17.8. The Balaban J connectivity index is 3.11. The third-order valence-corrected chi connectivity index (χ3v) is 2.80. The molecule has 2 unspecified atom stereocenters. The Bertz CT molecular complexity index is 304. The van der Waals surface area contributed by atoms with Crippen molar-refractivity contribution >= 4 is 11.1 Å². The molecule has 0 aliphatic heterocycles. The van der Waals surface area contributed by atoms with Crippen LogP contribution >= 0.6 is 0 Å².